The predicted octanol–water partition coefficient (Wildman–Crippen LogP) is 2.06. The van der Waals surface area contributed by atoms with E-state index in [0.717, 1.165) is 18.8 Å². The lowest BCUT2D eigenvalue weighted by Crippen LogP contribution is -2.47. The van der Waals surface area contributed by atoms with Crippen molar-refractivity contribution < 1.29 is 0 Å². The van der Waals surface area contributed by atoms with E-state index in [-0.39, 0.29) is 6.17 Å². The maximum atomic E-state index is 5.28. The maximum absolute atomic E-state index is 5.28. The SMILES string of the molecule is CCN1CCCC1CNC1NC(=S)Nc2ccccc21. The van der Waals surface area contributed by atoms with E-state index in [4.69, 9.17) is 12.2 Å². The first-order valence-corrected chi connectivity index (χ1v) is 7.82. The molecule has 0 amide bonds. The van der Waals surface area contributed by atoms with Crippen molar-refractivity contribution in [2.75, 3.05) is 25.0 Å². The largest absolute Gasteiger partial charge is 0.343 e. The number of benzene rings is 1. The molecule has 0 bridgehead atoms. The van der Waals surface area contributed by atoms with E-state index in [2.05, 4.69) is 46.0 Å². The van der Waals surface area contributed by atoms with Gasteiger partial charge in [0.15, 0.2) is 5.11 Å². The Kier molecular flexibility index (Phi) is 4.19. The number of hydrogen-bond donors (Lipinski definition) is 3. The highest BCUT2D eigenvalue weighted by molar-refractivity contribution is 7.80. The Hall–Kier alpha value is -1.17. The van der Waals surface area contributed by atoms with E-state index in [1.807, 2.05) is 6.07 Å². The van der Waals surface area contributed by atoms with Gasteiger partial charge in [-0.2, -0.15) is 0 Å². The zero-order chi connectivity index (χ0) is 13.9. The van der Waals surface area contributed by atoms with Crippen molar-refractivity contribution in [3.63, 3.8) is 0 Å². The number of anilines is 1. The fraction of sp³-hybridized carbons (Fsp3) is 0.533. The first kappa shape index (κ1) is 13.8. The van der Waals surface area contributed by atoms with Crippen LogP contribution in [-0.4, -0.2) is 35.7 Å². The zero-order valence-electron chi connectivity index (χ0n) is 11.9. The van der Waals surface area contributed by atoms with Crippen LogP contribution in [-0.2, 0) is 0 Å². The quantitative estimate of drug-likeness (QED) is 0.741. The molecule has 2 aliphatic rings. The molecule has 0 aromatic heterocycles. The van der Waals surface area contributed by atoms with E-state index in [1.54, 1.807) is 0 Å². The molecule has 0 saturated carbocycles. The van der Waals surface area contributed by atoms with E-state index >= 15 is 0 Å². The van der Waals surface area contributed by atoms with Gasteiger partial charge in [-0.25, -0.2) is 0 Å². The van der Waals surface area contributed by atoms with Gasteiger partial charge in [0.25, 0.3) is 0 Å². The molecule has 0 aliphatic carbocycles. The Morgan fingerprint density at radius 2 is 2.25 bits per heavy atom. The minimum atomic E-state index is 0.110. The lowest BCUT2D eigenvalue weighted by molar-refractivity contribution is 0.252. The second kappa shape index (κ2) is 6.08. The van der Waals surface area contributed by atoms with Crippen molar-refractivity contribution in [1.82, 2.24) is 15.5 Å². The first-order chi connectivity index (χ1) is 9.78. The number of para-hydroxylation sites is 1. The van der Waals surface area contributed by atoms with E-state index in [1.165, 1.54) is 24.9 Å². The smallest absolute Gasteiger partial charge is 0.172 e. The number of fused-ring (bicyclic) bond motifs is 1. The van der Waals surface area contributed by atoms with E-state index in [9.17, 15) is 0 Å². The maximum Gasteiger partial charge on any atom is 0.172 e. The third kappa shape index (κ3) is 2.80. The number of hydrogen-bond acceptors (Lipinski definition) is 3. The minimum Gasteiger partial charge on any atom is -0.343 e. The van der Waals surface area contributed by atoms with Gasteiger partial charge in [-0.3, -0.25) is 10.2 Å². The van der Waals surface area contributed by atoms with Gasteiger partial charge in [-0.1, -0.05) is 25.1 Å². The summed E-state index contributed by atoms with van der Waals surface area (Å²) in [6.07, 6.45) is 2.71. The van der Waals surface area contributed by atoms with Crippen LogP contribution in [0.3, 0.4) is 0 Å². The number of thiocarbonyl (C=S) groups is 1. The molecule has 2 unspecified atom stereocenters. The van der Waals surface area contributed by atoms with Crippen LogP contribution in [0.25, 0.3) is 0 Å². The van der Waals surface area contributed by atoms with Crippen LogP contribution in [0.1, 0.15) is 31.5 Å². The molecule has 1 aromatic rings. The second-order valence-corrected chi connectivity index (χ2v) is 5.86. The number of nitrogens with zero attached hydrogens (tertiary/aromatic N) is 1. The summed E-state index contributed by atoms with van der Waals surface area (Å²) in [5, 5.41) is 10.9. The summed E-state index contributed by atoms with van der Waals surface area (Å²) >= 11 is 5.28. The molecular formula is C15H22N4S. The molecule has 2 heterocycles. The van der Waals surface area contributed by atoms with Gasteiger partial charge in [0, 0.05) is 23.8 Å². The number of rotatable bonds is 4. The van der Waals surface area contributed by atoms with Crippen LogP contribution in [0.2, 0.25) is 0 Å². The molecule has 0 radical (unpaired) electrons. The first-order valence-electron chi connectivity index (χ1n) is 7.42. The number of likely N-dealkylation sites (N-methyl/N-ethyl adjacent to an activating group) is 1. The molecule has 4 nitrogen and oxygen atoms in total. The Morgan fingerprint density at radius 3 is 3.10 bits per heavy atom. The number of nitrogens with one attached hydrogen (secondary N) is 3. The summed E-state index contributed by atoms with van der Waals surface area (Å²) in [6.45, 7) is 5.62. The van der Waals surface area contributed by atoms with Crippen LogP contribution < -0.4 is 16.0 Å². The van der Waals surface area contributed by atoms with Crippen molar-refractivity contribution >= 4 is 23.0 Å². The molecule has 5 heteroatoms. The van der Waals surface area contributed by atoms with Crippen molar-refractivity contribution in [3.05, 3.63) is 29.8 Å². The van der Waals surface area contributed by atoms with Crippen molar-refractivity contribution in [1.29, 1.82) is 0 Å². The molecule has 1 saturated heterocycles. The molecule has 2 atom stereocenters. The summed E-state index contributed by atoms with van der Waals surface area (Å²) in [5.41, 5.74) is 2.34. The Morgan fingerprint density at radius 1 is 1.40 bits per heavy atom. The van der Waals surface area contributed by atoms with Crippen LogP contribution in [0.15, 0.2) is 24.3 Å². The van der Waals surface area contributed by atoms with Crippen LogP contribution in [0, 0.1) is 0 Å². The lowest BCUT2D eigenvalue weighted by atomic mass is 10.1. The van der Waals surface area contributed by atoms with Crippen molar-refractivity contribution in [3.8, 4) is 0 Å². The number of likely N-dealkylation sites (tertiary alicyclic amines) is 1. The van der Waals surface area contributed by atoms with Gasteiger partial charge >= 0.3 is 0 Å². The summed E-state index contributed by atoms with van der Waals surface area (Å²) in [6, 6.07) is 8.97. The normalized spacial score (nSPS) is 25.9. The lowest BCUT2D eigenvalue weighted by Gasteiger charge is -2.32. The standard InChI is InChI=1S/C15H22N4S/c1-2-19-9-5-6-11(19)10-16-14-12-7-3-4-8-13(12)17-15(20)18-14/h3-4,7-8,11,14,16H,2,5-6,9-10H2,1H3,(H2,17,18,20). The molecule has 3 N–H and O–H groups in total. The van der Waals surface area contributed by atoms with Gasteiger partial charge in [-0.15, -0.1) is 0 Å². The topological polar surface area (TPSA) is 39.3 Å². The van der Waals surface area contributed by atoms with Crippen molar-refractivity contribution in [2.24, 2.45) is 0 Å². The molecule has 20 heavy (non-hydrogen) atoms. The van der Waals surface area contributed by atoms with Crippen molar-refractivity contribution in [2.45, 2.75) is 32.0 Å². The highest BCUT2D eigenvalue weighted by atomic mass is 32.1. The Labute approximate surface area is 125 Å². The van der Waals surface area contributed by atoms with Gasteiger partial charge in [0.05, 0.1) is 0 Å². The average molecular weight is 290 g/mol. The third-order valence-electron chi connectivity index (χ3n) is 4.26. The van der Waals surface area contributed by atoms with Gasteiger partial charge in [0.1, 0.15) is 6.17 Å². The monoisotopic (exact) mass is 290 g/mol. The molecular weight excluding hydrogens is 268 g/mol. The Bertz CT molecular complexity index is 491. The fourth-order valence-electron chi connectivity index (χ4n) is 3.19. The summed E-state index contributed by atoms with van der Waals surface area (Å²) < 4.78 is 0. The predicted molar refractivity (Wildman–Crippen MR) is 86.8 cm³/mol. The Balaban J connectivity index is 1.67. The summed E-state index contributed by atoms with van der Waals surface area (Å²) in [4.78, 5) is 2.55. The van der Waals surface area contributed by atoms with Gasteiger partial charge in [0.2, 0.25) is 0 Å². The molecule has 3 rings (SSSR count). The summed E-state index contributed by atoms with van der Waals surface area (Å²) in [7, 11) is 0. The zero-order valence-corrected chi connectivity index (χ0v) is 12.7. The summed E-state index contributed by atoms with van der Waals surface area (Å²) in [5.74, 6) is 0. The van der Waals surface area contributed by atoms with Crippen LogP contribution in [0.4, 0.5) is 5.69 Å². The highest BCUT2D eigenvalue weighted by Crippen LogP contribution is 2.25. The van der Waals surface area contributed by atoms with Gasteiger partial charge in [-0.05, 0) is 44.2 Å². The van der Waals surface area contributed by atoms with Crippen LogP contribution >= 0.6 is 12.2 Å². The molecule has 1 aromatic carbocycles. The molecule has 1 fully saturated rings. The molecule has 0 spiro atoms. The highest BCUT2D eigenvalue weighted by Gasteiger charge is 2.26. The van der Waals surface area contributed by atoms with Gasteiger partial charge < -0.3 is 10.6 Å². The van der Waals surface area contributed by atoms with E-state index < -0.39 is 0 Å². The average Bonchev–Trinajstić information content (AvgIpc) is 2.92. The second-order valence-electron chi connectivity index (χ2n) is 5.45. The molecule has 2 aliphatic heterocycles. The fourth-order valence-corrected chi connectivity index (χ4v) is 3.42. The minimum absolute atomic E-state index is 0.110. The van der Waals surface area contributed by atoms with E-state index in [0.29, 0.717) is 11.2 Å². The van der Waals surface area contributed by atoms with Crippen LogP contribution in [0.5, 0.6) is 0 Å². The third-order valence-corrected chi connectivity index (χ3v) is 4.48. The molecule has 108 valence electrons.